The lowest BCUT2D eigenvalue weighted by Crippen LogP contribution is -2.53. The van der Waals surface area contributed by atoms with Crippen molar-refractivity contribution in [1.29, 1.82) is 0 Å². The van der Waals surface area contributed by atoms with E-state index >= 15 is 0 Å². The quantitative estimate of drug-likeness (QED) is 0.788. The number of ether oxygens (including phenoxy) is 1. The number of carbonyl (C=O) groups is 1. The van der Waals surface area contributed by atoms with Crippen LogP contribution in [0.2, 0.25) is 10.0 Å². The molecule has 0 radical (unpaired) electrons. The highest BCUT2D eigenvalue weighted by atomic mass is 35.5. The van der Waals surface area contributed by atoms with Crippen molar-refractivity contribution in [3.05, 3.63) is 33.8 Å². The van der Waals surface area contributed by atoms with E-state index in [0.717, 1.165) is 50.8 Å². The van der Waals surface area contributed by atoms with Crippen molar-refractivity contribution in [2.75, 3.05) is 33.4 Å². The number of benzene rings is 1. The minimum absolute atomic E-state index is 0.0260. The Balaban J connectivity index is 1.73. The number of nitrogens with one attached hydrogen (secondary N) is 2. The van der Waals surface area contributed by atoms with E-state index in [2.05, 4.69) is 10.6 Å². The molecular weight excluding hydrogens is 359 g/mol. The van der Waals surface area contributed by atoms with Crippen LogP contribution in [0.3, 0.4) is 0 Å². The molecule has 25 heavy (non-hydrogen) atoms. The summed E-state index contributed by atoms with van der Waals surface area (Å²) >= 11 is 12.2. The second-order valence-corrected chi connectivity index (χ2v) is 8.24. The van der Waals surface area contributed by atoms with E-state index in [0.29, 0.717) is 23.2 Å². The summed E-state index contributed by atoms with van der Waals surface area (Å²) in [5.74, 6) is 0.103. The molecule has 1 aliphatic heterocycles. The maximum atomic E-state index is 13.1. The summed E-state index contributed by atoms with van der Waals surface area (Å²) < 4.78 is 5.45. The van der Waals surface area contributed by atoms with Gasteiger partial charge in [-0.15, -0.1) is 0 Å². The van der Waals surface area contributed by atoms with Crippen LogP contribution >= 0.6 is 23.2 Å². The predicted octanol–water partition coefficient (Wildman–Crippen LogP) is 3.55. The van der Waals surface area contributed by atoms with Crippen LogP contribution in [-0.2, 0) is 14.9 Å². The molecular formula is C19H26Cl2N2O2. The van der Waals surface area contributed by atoms with Crippen LogP contribution in [0.1, 0.15) is 37.7 Å². The van der Waals surface area contributed by atoms with E-state index in [4.69, 9.17) is 27.9 Å². The summed E-state index contributed by atoms with van der Waals surface area (Å²) in [6.45, 7) is 3.27. The van der Waals surface area contributed by atoms with Gasteiger partial charge in [-0.05, 0) is 56.5 Å². The lowest BCUT2D eigenvalue weighted by Gasteiger charge is -2.43. The molecule has 1 heterocycles. The van der Waals surface area contributed by atoms with Gasteiger partial charge in [0, 0.05) is 19.1 Å². The fourth-order valence-electron chi connectivity index (χ4n) is 4.04. The smallest absolute Gasteiger partial charge is 0.230 e. The first-order valence-corrected chi connectivity index (χ1v) is 9.70. The summed E-state index contributed by atoms with van der Waals surface area (Å²) in [4.78, 5) is 13.1. The zero-order chi connectivity index (χ0) is 17.9. The molecule has 1 aromatic rings. The van der Waals surface area contributed by atoms with E-state index in [1.165, 1.54) is 0 Å². The molecule has 0 atom stereocenters. The van der Waals surface area contributed by atoms with E-state index in [1.54, 1.807) is 13.2 Å². The maximum Gasteiger partial charge on any atom is 0.230 e. The molecule has 1 aromatic carbocycles. The molecule has 0 spiro atoms. The van der Waals surface area contributed by atoms with Gasteiger partial charge in [0.2, 0.25) is 5.91 Å². The van der Waals surface area contributed by atoms with E-state index < -0.39 is 5.41 Å². The van der Waals surface area contributed by atoms with Crippen LogP contribution < -0.4 is 10.6 Å². The van der Waals surface area contributed by atoms with Crippen LogP contribution in [0, 0.1) is 5.41 Å². The van der Waals surface area contributed by atoms with Crippen molar-refractivity contribution in [3.8, 4) is 0 Å². The number of hydrogen-bond donors (Lipinski definition) is 2. The highest BCUT2D eigenvalue weighted by Crippen LogP contribution is 2.45. The van der Waals surface area contributed by atoms with Crippen LogP contribution in [0.5, 0.6) is 0 Å². The Labute approximate surface area is 159 Å². The largest absolute Gasteiger partial charge is 0.384 e. The number of hydrogen-bond acceptors (Lipinski definition) is 3. The van der Waals surface area contributed by atoms with Crippen molar-refractivity contribution in [2.24, 2.45) is 5.41 Å². The number of piperidine rings is 1. The average molecular weight is 385 g/mol. The Morgan fingerprint density at radius 3 is 2.48 bits per heavy atom. The number of amides is 1. The van der Waals surface area contributed by atoms with Gasteiger partial charge >= 0.3 is 0 Å². The Morgan fingerprint density at radius 1 is 1.20 bits per heavy atom. The van der Waals surface area contributed by atoms with Gasteiger partial charge < -0.3 is 15.4 Å². The van der Waals surface area contributed by atoms with Gasteiger partial charge in [0.25, 0.3) is 0 Å². The molecule has 3 rings (SSSR count). The summed E-state index contributed by atoms with van der Waals surface area (Å²) in [7, 11) is 1.73. The van der Waals surface area contributed by atoms with Gasteiger partial charge in [0.1, 0.15) is 0 Å². The average Bonchev–Trinajstić information content (AvgIpc) is 2.56. The predicted molar refractivity (Wildman–Crippen MR) is 101 cm³/mol. The van der Waals surface area contributed by atoms with Crippen molar-refractivity contribution in [3.63, 3.8) is 0 Å². The molecule has 1 aliphatic carbocycles. The van der Waals surface area contributed by atoms with Gasteiger partial charge in [0.05, 0.1) is 22.1 Å². The lowest BCUT2D eigenvalue weighted by atomic mass is 9.63. The normalized spacial score (nSPS) is 21.4. The zero-order valence-electron chi connectivity index (χ0n) is 14.7. The first kappa shape index (κ1) is 19.0. The fraction of sp³-hybridized carbons (Fsp3) is 0.632. The summed E-state index contributed by atoms with van der Waals surface area (Å²) in [6.07, 6.45) is 4.80. The minimum atomic E-state index is -0.463. The summed E-state index contributed by atoms with van der Waals surface area (Å²) in [5.41, 5.74) is 0.532. The SMILES string of the molecule is COCC1(CNC(=O)C2(c3ccc(Cl)c(Cl)c3)CCC2)CCNCC1. The standard InChI is InChI=1S/C19H26Cl2N2O2/c1-25-13-18(7-9-22-10-8-18)12-23-17(24)19(5-2-6-19)14-3-4-15(20)16(21)11-14/h3-4,11,22H,2,5-10,12-13H2,1H3,(H,23,24). The molecule has 0 aromatic heterocycles. The molecule has 1 saturated carbocycles. The van der Waals surface area contributed by atoms with Gasteiger partial charge in [-0.3, -0.25) is 4.79 Å². The number of methoxy groups -OCH3 is 1. The first-order chi connectivity index (χ1) is 12.0. The molecule has 0 bridgehead atoms. The Hall–Kier alpha value is -0.810. The van der Waals surface area contributed by atoms with Crippen LogP contribution in [-0.4, -0.2) is 39.3 Å². The number of carbonyl (C=O) groups excluding carboxylic acids is 1. The van der Waals surface area contributed by atoms with Crippen LogP contribution in [0.15, 0.2) is 18.2 Å². The van der Waals surface area contributed by atoms with Gasteiger partial charge in [-0.2, -0.15) is 0 Å². The Bertz CT molecular complexity index is 620. The molecule has 1 saturated heterocycles. The van der Waals surface area contributed by atoms with Crippen LogP contribution in [0.25, 0.3) is 0 Å². The summed E-state index contributed by atoms with van der Waals surface area (Å²) in [6, 6.07) is 5.56. The van der Waals surface area contributed by atoms with Crippen molar-refractivity contribution >= 4 is 29.1 Å². The van der Waals surface area contributed by atoms with Gasteiger partial charge in [0.15, 0.2) is 0 Å². The van der Waals surface area contributed by atoms with Crippen molar-refractivity contribution in [1.82, 2.24) is 10.6 Å². The topological polar surface area (TPSA) is 50.4 Å². The highest BCUT2D eigenvalue weighted by molar-refractivity contribution is 6.42. The maximum absolute atomic E-state index is 13.1. The third-order valence-electron chi connectivity index (χ3n) is 5.85. The van der Waals surface area contributed by atoms with Crippen molar-refractivity contribution in [2.45, 2.75) is 37.5 Å². The molecule has 1 amide bonds. The molecule has 138 valence electrons. The zero-order valence-corrected chi connectivity index (χ0v) is 16.2. The molecule has 0 unspecified atom stereocenters. The van der Waals surface area contributed by atoms with Crippen LogP contribution in [0.4, 0.5) is 0 Å². The molecule has 6 heteroatoms. The monoisotopic (exact) mass is 384 g/mol. The van der Waals surface area contributed by atoms with Gasteiger partial charge in [-0.25, -0.2) is 0 Å². The number of halogens is 2. The Kier molecular flexibility index (Phi) is 5.94. The molecule has 2 aliphatic rings. The van der Waals surface area contributed by atoms with E-state index in [9.17, 15) is 4.79 Å². The molecule has 4 nitrogen and oxygen atoms in total. The van der Waals surface area contributed by atoms with E-state index in [-0.39, 0.29) is 11.3 Å². The third-order valence-corrected chi connectivity index (χ3v) is 6.59. The first-order valence-electron chi connectivity index (χ1n) is 8.95. The third kappa shape index (κ3) is 3.82. The van der Waals surface area contributed by atoms with Gasteiger partial charge in [-0.1, -0.05) is 35.7 Å². The number of rotatable bonds is 6. The van der Waals surface area contributed by atoms with Crippen molar-refractivity contribution < 1.29 is 9.53 Å². The molecule has 2 N–H and O–H groups in total. The second-order valence-electron chi connectivity index (χ2n) is 7.43. The molecule has 2 fully saturated rings. The Morgan fingerprint density at radius 2 is 1.92 bits per heavy atom. The highest BCUT2D eigenvalue weighted by Gasteiger charge is 2.46. The lowest BCUT2D eigenvalue weighted by molar-refractivity contribution is -0.130. The van der Waals surface area contributed by atoms with E-state index in [1.807, 2.05) is 12.1 Å². The summed E-state index contributed by atoms with van der Waals surface area (Å²) in [5, 5.41) is 7.64. The second kappa shape index (κ2) is 7.83. The fourth-order valence-corrected chi connectivity index (χ4v) is 4.34. The minimum Gasteiger partial charge on any atom is -0.384 e.